The lowest BCUT2D eigenvalue weighted by Crippen LogP contribution is -2.42. The summed E-state index contributed by atoms with van der Waals surface area (Å²) >= 11 is 0. The molecule has 0 aromatic carbocycles. The molecule has 0 aromatic rings. The second-order valence-electron chi connectivity index (χ2n) is 3.64. The highest BCUT2D eigenvalue weighted by Gasteiger charge is 2.16. The van der Waals surface area contributed by atoms with Gasteiger partial charge in [0.1, 0.15) is 0 Å². The second kappa shape index (κ2) is 4.84. The van der Waals surface area contributed by atoms with Gasteiger partial charge in [-0.3, -0.25) is 9.80 Å². The summed E-state index contributed by atoms with van der Waals surface area (Å²) in [5.74, 6) is 6.27. The molecule has 1 saturated heterocycles. The van der Waals surface area contributed by atoms with Crippen molar-refractivity contribution in [3.8, 4) is 0 Å². The molecular weight excluding hydrogens is 192 g/mol. The Morgan fingerprint density at radius 1 is 1.73 bits per heavy atom. The third kappa shape index (κ3) is 2.99. The highest BCUT2D eigenvalue weighted by molar-refractivity contribution is 5.91. The number of rotatable bonds is 4. The van der Waals surface area contributed by atoms with Gasteiger partial charge in [-0.2, -0.15) is 0 Å². The zero-order chi connectivity index (χ0) is 11.4. The Balaban J connectivity index is 2.33. The minimum absolute atomic E-state index is 0.215. The summed E-state index contributed by atoms with van der Waals surface area (Å²) in [5, 5.41) is 4.30. The quantitative estimate of drug-likeness (QED) is 0.288. The zero-order valence-electron chi connectivity index (χ0n) is 9.12. The molecule has 1 heterocycles. The molecule has 1 aliphatic heterocycles. The smallest absolute Gasteiger partial charge is 0.262 e. The molecular formula is C10H18N4O. The number of carbonyl (C=O) groups excluding carboxylic acids is 1. The minimum atomic E-state index is -0.215. The van der Waals surface area contributed by atoms with Crippen LogP contribution in [0.2, 0.25) is 0 Å². The summed E-state index contributed by atoms with van der Waals surface area (Å²) in [7, 11) is 0. The van der Waals surface area contributed by atoms with Crippen LogP contribution in [0.3, 0.4) is 0 Å². The maximum absolute atomic E-state index is 11.4. The summed E-state index contributed by atoms with van der Waals surface area (Å²) in [4.78, 5) is 13.4. The molecule has 0 unspecified atom stereocenters. The molecule has 0 bridgehead atoms. The average Bonchev–Trinajstić information content (AvgIpc) is 2.59. The van der Waals surface area contributed by atoms with E-state index < -0.39 is 0 Å². The molecule has 1 rings (SSSR count). The van der Waals surface area contributed by atoms with Gasteiger partial charge in [-0.05, 0) is 6.92 Å². The van der Waals surface area contributed by atoms with Crippen LogP contribution in [0.15, 0.2) is 24.6 Å². The van der Waals surface area contributed by atoms with Gasteiger partial charge in [0, 0.05) is 25.2 Å². The maximum Gasteiger partial charge on any atom is 0.262 e. The fraction of sp³-hybridized carbons (Fsp3) is 0.500. The summed E-state index contributed by atoms with van der Waals surface area (Å²) in [6.07, 6.45) is 0. The standard InChI is InChI=1S/C10H18N4O/c1-8(2)10(15)14(11)7-6-13-5-4-12-9(13)3/h12H,1,3-7,11H2,2H3. The number of hydrogen-bond acceptors (Lipinski definition) is 4. The Kier molecular flexibility index (Phi) is 3.74. The summed E-state index contributed by atoms with van der Waals surface area (Å²) < 4.78 is 0. The monoisotopic (exact) mass is 210 g/mol. The van der Waals surface area contributed by atoms with Crippen molar-refractivity contribution < 1.29 is 4.79 Å². The third-order valence-electron chi connectivity index (χ3n) is 2.33. The van der Waals surface area contributed by atoms with E-state index >= 15 is 0 Å². The second-order valence-corrected chi connectivity index (χ2v) is 3.64. The normalized spacial score (nSPS) is 15.1. The lowest BCUT2D eigenvalue weighted by Gasteiger charge is -2.22. The number of amides is 1. The molecule has 0 aliphatic carbocycles. The van der Waals surface area contributed by atoms with Crippen molar-refractivity contribution >= 4 is 5.91 Å². The summed E-state index contributed by atoms with van der Waals surface area (Å²) in [6.45, 7) is 12.0. The van der Waals surface area contributed by atoms with E-state index in [4.69, 9.17) is 5.84 Å². The van der Waals surface area contributed by atoms with Crippen molar-refractivity contribution in [3.63, 3.8) is 0 Å². The molecule has 5 nitrogen and oxygen atoms in total. The predicted octanol–water partition coefficient (Wildman–Crippen LogP) is -0.359. The Morgan fingerprint density at radius 2 is 2.40 bits per heavy atom. The van der Waals surface area contributed by atoms with Gasteiger partial charge in [-0.1, -0.05) is 13.2 Å². The fourth-order valence-corrected chi connectivity index (χ4v) is 1.40. The van der Waals surface area contributed by atoms with Crippen LogP contribution in [0, 0.1) is 0 Å². The lowest BCUT2D eigenvalue weighted by molar-refractivity contribution is -0.127. The molecule has 0 aromatic heterocycles. The van der Waals surface area contributed by atoms with Crippen LogP contribution in [0.4, 0.5) is 0 Å². The van der Waals surface area contributed by atoms with E-state index in [0.29, 0.717) is 18.7 Å². The first-order valence-corrected chi connectivity index (χ1v) is 4.92. The molecule has 0 radical (unpaired) electrons. The molecule has 0 saturated carbocycles. The van der Waals surface area contributed by atoms with E-state index in [0.717, 1.165) is 18.9 Å². The molecule has 1 amide bonds. The van der Waals surface area contributed by atoms with Crippen LogP contribution in [0.25, 0.3) is 0 Å². The molecule has 1 fully saturated rings. The average molecular weight is 210 g/mol. The van der Waals surface area contributed by atoms with E-state index in [-0.39, 0.29) is 5.91 Å². The summed E-state index contributed by atoms with van der Waals surface area (Å²) in [5.41, 5.74) is 0.455. The van der Waals surface area contributed by atoms with Crippen LogP contribution < -0.4 is 11.2 Å². The van der Waals surface area contributed by atoms with Crippen LogP contribution in [0.1, 0.15) is 6.92 Å². The number of nitrogens with two attached hydrogens (primary N) is 1. The van der Waals surface area contributed by atoms with E-state index in [1.807, 2.05) is 0 Å². The Hall–Kier alpha value is -1.49. The maximum atomic E-state index is 11.4. The Bertz CT molecular complexity index is 287. The predicted molar refractivity (Wildman–Crippen MR) is 59.4 cm³/mol. The van der Waals surface area contributed by atoms with Gasteiger partial charge in [-0.15, -0.1) is 0 Å². The molecule has 0 atom stereocenters. The van der Waals surface area contributed by atoms with Crippen molar-refractivity contribution in [1.29, 1.82) is 0 Å². The van der Waals surface area contributed by atoms with Crippen molar-refractivity contribution in [2.45, 2.75) is 6.92 Å². The molecule has 84 valence electrons. The highest BCUT2D eigenvalue weighted by atomic mass is 16.2. The van der Waals surface area contributed by atoms with Crippen LogP contribution >= 0.6 is 0 Å². The van der Waals surface area contributed by atoms with Crippen LogP contribution in [-0.2, 0) is 4.79 Å². The number of hydrogen-bond donors (Lipinski definition) is 2. The minimum Gasteiger partial charge on any atom is -0.370 e. The van der Waals surface area contributed by atoms with Gasteiger partial charge in [0.15, 0.2) is 0 Å². The molecule has 15 heavy (non-hydrogen) atoms. The largest absolute Gasteiger partial charge is 0.370 e. The Morgan fingerprint density at radius 3 is 2.87 bits per heavy atom. The van der Waals surface area contributed by atoms with Crippen molar-refractivity contribution in [1.82, 2.24) is 15.2 Å². The van der Waals surface area contributed by atoms with E-state index in [1.54, 1.807) is 6.92 Å². The van der Waals surface area contributed by atoms with E-state index in [9.17, 15) is 4.79 Å². The lowest BCUT2D eigenvalue weighted by atomic mass is 10.3. The van der Waals surface area contributed by atoms with Gasteiger partial charge >= 0.3 is 0 Å². The molecule has 1 aliphatic rings. The first kappa shape index (κ1) is 11.6. The van der Waals surface area contributed by atoms with Gasteiger partial charge in [0.25, 0.3) is 5.91 Å². The third-order valence-corrected chi connectivity index (χ3v) is 2.33. The first-order valence-electron chi connectivity index (χ1n) is 4.92. The Labute approximate surface area is 90.2 Å². The van der Waals surface area contributed by atoms with Crippen LogP contribution in [-0.4, -0.2) is 42.0 Å². The van der Waals surface area contributed by atoms with E-state index in [2.05, 4.69) is 23.4 Å². The fourth-order valence-electron chi connectivity index (χ4n) is 1.40. The van der Waals surface area contributed by atoms with Crippen LogP contribution in [0.5, 0.6) is 0 Å². The number of carbonyl (C=O) groups is 1. The molecule has 0 spiro atoms. The number of hydrazine groups is 1. The van der Waals surface area contributed by atoms with Gasteiger partial charge < -0.3 is 10.2 Å². The highest BCUT2D eigenvalue weighted by Crippen LogP contribution is 2.04. The topological polar surface area (TPSA) is 61.6 Å². The van der Waals surface area contributed by atoms with Gasteiger partial charge in [0.05, 0.1) is 12.4 Å². The number of nitrogens with one attached hydrogen (secondary N) is 1. The number of nitrogens with zero attached hydrogens (tertiary/aromatic N) is 2. The van der Waals surface area contributed by atoms with Gasteiger partial charge in [-0.25, -0.2) is 5.84 Å². The summed E-state index contributed by atoms with van der Waals surface area (Å²) in [6, 6.07) is 0. The van der Waals surface area contributed by atoms with Gasteiger partial charge in [0.2, 0.25) is 0 Å². The van der Waals surface area contributed by atoms with Crippen molar-refractivity contribution in [2.24, 2.45) is 5.84 Å². The molecule has 5 heteroatoms. The SMILES string of the molecule is C=C(C)C(=O)N(N)CCN1CCNC1=C. The van der Waals surface area contributed by atoms with E-state index in [1.165, 1.54) is 5.01 Å². The van der Waals surface area contributed by atoms with Crippen molar-refractivity contribution in [2.75, 3.05) is 26.2 Å². The zero-order valence-corrected chi connectivity index (χ0v) is 9.12. The van der Waals surface area contributed by atoms with Crippen molar-refractivity contribution in [3.05, 3.63) is 24.6 Å². The molecule has 3 N–H and O–H groups in total. The first-order chi connectivity index (χ1) is 7.02.